The zero-order chi connectivity index (χ0) is 13.9. The lowest BCUT2D eigenvalue weighted by Gasteiger charge is -2.23. The van der Waals surface area contributed by atoms with E-state index in [0.29, 0.717) is 12.3 Å². The molecule has 0 saturated carbocycles. The molecule has 106 valence electrons. The van der Waals surface area contributed by atoms with Crippen molar-refractivity contribution < 1.29 is 13.2 Å². The molecule has 2 rings (SSSR count). The summed E-state index contributed by atoms with van der Waals surface area (Å²) in [4.78, 5) is 0.0547. The quantitative estimate of drug-likeness (QED) is 0.882. The third-order valence-corrected chi connectivity index (χ3v) is 5.05. The van der Waals surface area contributed by atoms with Gasteiger partial charge in [-0.1, -0.05) is 11.6 Å². The average molecular weight is 305 g/mol. The van der Waals surface area contributed by atoms with Crippen LogP contribution in [-0.2, 0) is 10.0 Å². The smallest absolute Gasteiger partial charge is 0.242 e. The van der Waals surface area contributed by atoms with Gasteiger partial charge in [0.1, 0.15) is 10.6 Å². The largest absolute Gasteiger partial charge is 0.497 e. The first-order valence-electron chi connectivity index (χ1n) is 6.09. The monoisotopic (exact) mass is 304 g/mol. The van der Waals surface area contributed by atoms with E-state index in [1.807, 2.05) is 0 Å². The molecular formula is C12H17ClN2O3S. The Morgan fingerprint density at radius 1 is 1.47 bits per heavy atom. The lowest BCUT2D eigenvalue weighted by molar-refractivity contribution is 0.412. The van der Waals surface area contributed by atoms with Crippen LogP contribution in [0, 0.1) is 0 Å². The number of hydrogen-bond acceptors (Lipinski definition) is 4. The second-order valence-electron chi connectivity index (χ2n) is 4.46. The summed E-state index contributed by atoms with van der Waals surface area (Å²) in [5.41, 5.74) is 0. The van der Waals surface area contributed by atoms with E-state index in [2.05, 4.69) is 10.0 Å². The predicted molar refractivity (Wildman–Crippen MR) is 74.2 cm³/mol. The lowest BCUT2D eigenvalue weighted by Crippen LogP contribution is -2.45. The molecule has 1 fully saturated rings. The molecule has 5 nitrogen and oxygen atoms in total. The third-order valence-electron chi connectivity index (χ3n) is 3.05. The first-order valence-corrected chi connectivity index (χ1v) is 7.95. The number of hydrogen-bond donors (Lipinski definition) is 2. The van der Waals surface area contributed by atoms with E-state index in [1.165, 1.54) is 19.2 Å². The Balaban J connectivity index is 2.23. The van der Waals surface area contributed by atoms with Gasteiger partial charge in [-0.2, -0.15) is 0 Å². The molecule has 0 amide bonds. The maximum absolute atomic E-state index is 12.3. The fourth-order valence-corrected chi connectivity index (χ4v) is 3.84. The molecule has 0 bridgehead atoms. The normalized spacial score (nSPS) is 20.2. The van der Waals surface area contributed by atoms with E-state index >= 15 is 0 Å². The summed E-state index contributed by atoms with van der Waals surface area (Å²) in [5, 5.41) is 3.35. The van der Waals surface area contributed by atoms with Crippen molar-refractivity contribution >= 4 is 21.6 Å². The SMILES string of the molecule is COc1ccc(Cl)c(S(=O)(=O)NC2CCCNC2)c1. The predicted octanol–water partition coefficient (Wildman–Crippen LogP) is 1.38. The van der Waals surface area contributed by atoms with Crippen molar-refractivity contribution in [3.8, 4) is 5.75 Å². The Kier molecular flexibility index (Phi) is 4.67. The van der Waals surface area contributed by atoms with Crippen molar-refractivity contribution in [3.05, 3.63) is 23.2 Å². The maximum Gasteiger partial charge on any atom is 0.242 e. The highest BCUT2D eigenvalue weighted by Gasteiger charge is 2.24. The number of ether oxygens (including phenoxy) is 1. The van der Waals surface area contributed by atoms with Gasteiger partial charge in [0.25, 0.3) is 0 Å². The zero-order valence-corrected chi connectivity index (χ0v) is 12.2. The number of halogens is 1. The number of rotatable bonds is 4. The van der Waals surface area contributed by atoms with E-state index in [1.54, 1.807) is 6.07 Å². The van der Waals surface area contributed by atoms with Crippen molar-refractivity contribution in [1.82, 2.24) is 10.0 Å². The van der Waals surface area contributed by atoms with Crippen molar-refractivity contribution in [1.29, 1.82) is 0 Å². The molecule has 1 aromatic carbocycles. The van der Waals surface area contributed by atoms with Crippen LogP contribution in [0.3, 0.4) is 0 Å². The summed E-state index contributed by atoms with van der Waals surface area (Å²) in [6.45, 7) is 1.57. The summed E-state index contributed by atoms with van der Waals surface area (Å²) in [6.07, 6.45) is 1.78. The Labute approximate surface area is 118 Å². The van der Waals surface area contributed by atoms with Crippen LogP contribution in [-0.4, -0.2) is 34.7 Å². The van der Waals surface area contributed by atoms with Gasteiger partial charge in [0.05, 0.1) is 12.1 Å². The first kappa shape index (κ1) is 14.6. The van der Waals surface area contributed by atoms with Gasteiger partial charge in [-0.05, 0) is 31.5 Å². The fourth-order valence-electron chi connectivity index (χ4n) is 2.05. The van der Waals surface area contributed by atoms with Crippen molar-refractivity contribution in [2.75, 3.05) is 20.2 Å². The Bertz CT molecular complexity index is 542. The van der Waals surface area contributed by atoms with Crippen molar-refractivity contribution in [3.63, 3.8) is 0 Å². The number of methoxy groups -OCH3 is 1. The summed E-state index contributed by atoms with van der Waals surface area (Å²) in [7, 11) is -2.14. The van der Waals surface area contributed by atoms with Crippen LogP contribution in [0.25, 0.3) is 0 Å². The number of sulfonamides is 1. The van der Waals surface area contributed by atoms with Crippen LogP contribution in [0.2, 0.25) is 5.02 Å². The molecule has 19 heavy (non-hydrogen) atoms. The number of piperidine rings is 1. The number of benzene rings is 1. The van der Waals surface area contributed by atoms with Gasteiger partial charge in [-0.15, -0.1) is 0 Å². The molecule has 1 atom stereocenters. The molecule has 0 aliphatic carbocycles. The molecule has 2 N–H and O–H groups in total. The van der Waals surface area contributed by atoms with E-state index in [9.17, 15) is 8.42 Å². The molecule has 1 saturated heterocycles. The minimum Gasteiger partial charge on any atom is -0.497 e. The molecule has 0 spiro atoms. The van der Waals surface area contributed by atoms with E-state index in [0.717, 1.165) is 19.4 Å². The van der Waals surface area contributed by atoms with Crippen LogP contribution in [0.5, 0.6) is 5.75 Å². The van der Waals surface area contributed by atoms with Crippen LogP contribution >= 0.6 is 11.6 Å². The molecule has 1 unspecified atom stereocenters. The average Bonchev–Trinajstić information content (AvgIpc) is 2.39. The molecule has 7 heteroatoms. The van der Waals surface area contributed by atoms with Gasteiger partial charge in [0.15, 0.2) is 0 Å². The molecule has 1 heterocycles. The topological polar surface area (TPSA) is 67.4 Å². The Hall–Kier alpha value is -0.820. The van der Waals surface area contributed by atoms with Crippen molar-refractivity contribution in [2.45, 2.75) is 23.8 Å². The van der Waals surface area contributed by atoms with E-state index < -0.39 is 10.0 Å². The van der Waals surface area contributed by atoms with Gasteiger partial charge in [0, 0.05) is 18.7 Å². The standard InChI is InChI=1S/C12H17ClN2O3S/c1-18-10-4-5-11(13)12(7-10)19(16,17)15-9-3-2-6-14-8-9/h4-5,7,9,14-15H,2-3,6,8H2,1H3. The van der Waals surface area contributed by atoms with Gasteiger partial charge in [-0.25, -0.2) is 13.1 Å². The van der Waals surface area contributed by atoms with Crippen molar-refractivity contribution in [2.24, 2.45) is 0 Å². The molecule has 0 aromatic heterocycles. The second kappa shape index (κ2) is 6.09. The third kappa shape index (κ3) is 3.60. The minimum absolute atomic E-state index is 0.0547. The Morgan fingerprint density at radius 3 is 2.89 bits per heavy atom. The minimum atomic E-state index is -3.63. The molecule has 1 aliphatic rings. The summed E-state index contributed by atoms with van der Waals surface area (Å²) < 4.78 is 32.3. The highest BCUT2D eigenvalue weighted by molar-refractivity contribution is 7.89. The highest BCUT2D eigenvalue weighted by atomic mass is 35.5. The van der Waals surface area contributed by atoms with Crippen LogP contribution < -0.4 is 14.8 Å². The highest BCUT2D eigenvalue weighted by Crippen LogP contribution is 2.26. The van der Waals surface area contributed by atoms with Gasteiger partial charge >= 0.3 is 0 Å². The Morgan fingerprint density at radius 2 is 2.26 bits per heavy atom. The van der Waals surface area contributed by atoms with Gasteiger partial charge < -0.3 is 10.1 Å². The summed E-state index contributed by atoms with van der Waals surface area (Å²) in [5.74, 6) is 0.464. The first-order chi connectivity index (χ1) is 9.03. The van der Waals surface area contributed by atoms with E-state index in [4.69, 9.17) is 16.3 Å². The molecular weight excluding hydrogens is 288 g/mol. The van der Waals surface area contributed by atoms with Crippen LogP contribution in [0.15, 0.2) is 23.1 Å². The van der Waals surface area contributed by atoms with Crippen LogP contribution in [0.1, 0.15) is 12.8 Å². The second-order valence-corrected chi connectivity index (χ2v) is 6.55. The lowest BCUT2D eigenvalue weighted by atomic mass is 10.1. The molecule has 1 aromatic rings. The summed E-state index contributed by atoms with van der Waals surface area (Å²) in [6, 6.07) is 4.49. The summed E-state index contributed by atoms with van der Waals surface area (Å²) >= 11 is 5.97. The van der Waals surface area contributed by atoms with Crippen LogP contribution in [0.4, 0.5) is 0 Å². The van der Waals surface area contributed by atoms with Gasteiger partial charge in [-0.3, -0.25) is 0 Å². The van der Waals surface area contributed by atoms with Gasteiger partial charge in [0.2, 0.25) is 10.0 Å². The van der Waals surface area contributed by atoms with E-state index in [-0.39, 0.29) is 16.0 Å². The number of nitrogens with one attached hydrogen (secondary N) is 2. The fraction of sp³-hybridized carbons (Fsp3) is 0.500. The molecule has 0 radical (unpaired) electrons. The maximum atomic E-state index is 12.3. The molecule has 1 aliphatic heterocycles. The zero-order valence-electron chi connectivity index (χ0n) is 10.6.